The number of thiophene rings is 1. The smallest absolute Gasteiger partial charge is 0.155 e. The number of hydrogen-bond acceptors (Lipinski definition) is 4. The Hall–Kier alpha value is -2.98. The van der Waals surface area contributed by atoms with Gasteiger partial charge in [0, 0.05) is 12.7 Å². The Bertz CT molecular complexity index is 1010. The topological polar surface area (TPSA) is 29.0 Å². The Morgan fingerprint density at radius 3 is 2.32 bits per heavy atom. The molecule has 0 aliphatic carbocycles. The van der Waals surface area contributed by atoms with E-state index in [-0.39, 0.29) is 0 Å². The van der Waals surface area contributed by atoms with Crippen molar-refractivity contribution in [1.29, 1.82) is 0 Å². The van der Waals surface area contributed by atoms with Crippen molar-refractivity contribution in [1.82, 2.24) is 9.97 Å². The molecular weight excluding hydrogens is 326 g/mol. The third-order valence-electron chi connectivity index (χ3n) is 3.99. The van der Waals surface area contributed by atoms with Gasteiger partial charge in [-0.3, -0.25) is 0 Å². The van der Waals surface area contributed by atoms with Crippen molar-refractivity contribution in [3.8, 4) is 0 Å². The number of nitrogens with zero attached hydrogens (tertiary/aromatic N) is 3. The minimum absolute atomic E-state index is 0.715. The van der Waals surface area contributed by atoms with Crippen LogP contribution in [0.1, 0.15) is 11.4 Å². The lowest BCUT2D eigenvalue weighted by Gasteiger charge is -2.19. The molecular formula is C21H17N3S. The molecule has 0 bridgehead atoms. The van der Waals surface area contributed by atoms with E-state index in [1.807, 2.05) is 61.7 Å². The zero-order chi connectivity index (χ0) is 17.1. The first-order valence-corrected chi connectivity index (χ1v) is 8.96. The Labute approximate surface area is 150 Å². The van der Waals surface area contributed by atoms with Gasteiger partial charge < -0.3 is 4.90 Å². The van der Waals surface area contributed by atoms with Gasteiger partial charge in [0.1, 0.15) is 0 Å². The number of benzene rings is 2. The second-order valence-electron chi connectivity index (χ2n) is 5.68. The molecule has 2 heterocycles. The molecule has 2 aromatic heterocycles. The summed E-state index contributed by atoms with van der Waals surface area (Å²) in [5, 5.41) is 2.06. The van der Waals surface area contributed by atoms with Crippen LogP contribution in [0, 0.1) is 0 Å². The molecule has 2 aromatic carbocycles. The highest BCUT2D eigenvalue weighted by Gasteiger charge is 2.13. The number of anilines is 2. The molecule has 4 heteroatoms. The highest BCUT2D eigenvalue weighted by molar-refractivity contribution is 7.17. The number of para-hydroxylation sites is 1. The maximum atomic E-state index is 4.80. The Kier molecular flexibility index (Phi) is 4.27. The summed E-state index contributed by atoms with van der Waals surface area (Å²) < 4.78 is 1.10. The molecule has 122 valence electrons. The van der Waals surface area contributed by atoms with Crippen LogP contribution < -0.4 is 4.90 Å². The van der Waals surface area contributed by atoms with Gasteiger partial charge in [0.2, 0.25) is 0 Å². The molecule has 0 amide bonds. The van der Waals surface area contributed by atoms with Crippen molar-refractivity contribution in [2.45, 2.75) is 0 Å². The summed E-state index contributed by atoms with van der Waals surface area (Å²) >= 11 is 1.67. The molecule has 4 aromatic rings. The van der Waals surface area contributed by atoms with E-state index >= 15 is 0 Å². The molecule has 3 nitrogen and oxygen atoms in total. The summed E-state index contributed by atoms with van der Waals surface area (Å²) in [6.07, 6.45) is 4.01. The molecule has 0 fully saturated rings. The van der Waals surface area contributed by atoms with E-state index in [1.165, 1.54) is 0 Å². The Morgan fingerprint density at radius 2 is 1.56 bits per heavy atom. The van der Waals surface area contributed by atoms with Gasteiger partial charge in [-0.25, -0.2) is 9.97 Å². The standard InChI is InChI=1S/C21H17N3S/c1-24(17-10-6-3-7-11-17)21-20-18(14-15-25-20)22-19(23-21)13-12-16-8-4-2-5-9-16/h2-15H,1H3/b13-12+. The van der Waals surface area contributed by atoms with Crippen LogP contribution in [0.3, 0.4) is 0 Å². The first kappa shape index (κ1) is 15.5. The summed E-state index contributed by atoms with van der Waals surface area (Å²) in [5.41, 5.74) is 3.22. The molecule has 0 unspecified atom stereocenters. The minimum Gasteiger partial charge on any atom is -0.328 e. The first-order valence-electron chi connectivity index (χ1n) is 8.08. The predicted octanol–water partition coefficient (Wildman–Crippen LogP) is 5.63. The number of fused-ring (bicyclic) bond motifs is 1. The van der Waals surface area contributed by atoms with Crippen LogP contribution in [-0.2, 0) is 0 Å². The van der Waals surface area contributed by atoms with Crippen LogP contribution in [0.4, 0.5) is 11.5 Å². The van der Waals surface area contributed by atoms with Gasteiger partial charge in [0.15, 0.2) is 11.6 Å². The molecule has 0 atom stereocenters. The molecule has 0 saturated carbocycles. The van der Waals surface area contributed by atoms with E-state index in [0.29, 0.717) is 5.82 Å². The zero-order valence-corrected chi connectivity index (χ0v) is 14.6. The van der Waals surface area contributed by atoms with Crippen LogP contribution in [0.15, 0.2) is 72.1 Å². The van der Waals surface area contributed by atoms with Gasteiger partial charge in [-0.2, -0.15) is 0 Å². The number of rotatable bonds is 4. The normalized spacial score (nSPS) is 11.2. The van der Waals surface area contributed by atoms with Crippen LogP contribution in [0.2, 0.25) is 0 Å². The third kappa shape index (κ3) is 3.30. The van der Waals surface area contributed by atoms with Gasteiger partial charge in [-0.15, -0.1) is 11.3 Å². The van der Waals surface area contributed by atoms with E-state index in [1.54, 1.807) is 11.3 Å². The molecule has 0 N–H and O–H groups in total. The fourth-order valence-electron chi connectivity index (χ4n) is 2.68. The summed E-state index contributed by atoms with van der Waals surface area (Å²) in [4.78, 5) is 11.6. The average Bonchev–Trinajstić information content (AvgIpc) is 3.15. The lowest BCUT2D eigenvalue weighted by molar-refractivity contribution is 1.10. The first-order chi connectivity index (χ1) is 12.3. The predicted molar refractivity (Wildman–Crippen MR) is 107 cm³/mol. The van der Waals surface area contributed by atoms with Crippen molar-refractivity contribution in [2.75, 3.05) is 11.9 Å². The maximum Gasteiger partial charge on any atom is 0.155 e. The second-order valence-corrected chi connectivity index (χ2v) is 6.60. The van der Waals surface area contributed by atoms with E-state index in [0.717, 1.165) is 27.3 Å². The van der Waals surface area contributed by atoms with Crippen molar-refractivity contribution >= 4 is 45.2 Å². The largest absolute Gasteiger partial charge is 0.328 e. The SMILES string of the molecule is CN(c1ccccc1)c1nc(/C=C/c2ccccc2)nc2ccsc12. The molecule has 0 aliphatic rings. The molecule has 0 aliphatic heterocycles. The molecule has 25 heavy (non-hydrogen) atoms. The van der Waals surface area contributed by atoms with Crippen LogP contribution in [-0.4, -0.2) is 17.0 Å². The summed E-state index contributed by atoms with van der Waals surface area (Å²) in [6, 6.07) is 22.5. The highest BCUT2D eigenvalue weighted by atomic mass is 32.1. The van der Waals surface area contributed by atoms with Crippen molar-refractivity contribution < 1.29 is 0 Å². The quantitative estimate of drug-likeness (QED) is 0.481. The fraction of sp³-hybridized carbons (Fsp3) is 0.0476. The lowest BCUT2D eigenvalue weighted by Crippen LogP contribution is -2.12. The van der Waals surface area contributed by atoms with Gasteiger partial charge in [-0.05, 0) is 35.2 Å². The van der Waals surface area contributed by atoms with Crippen LogP contribution in [0.25, 0.3) is 22.4 Å². The van der Waals surface area contributed by atoms with Gasteiger partial charge in [0.05, 0.1) is 10.2 Å². The second kappa shape index (κ2) is 6.87. The third-order valence-corrected chi connectivity index (χ3v) is 4.89. The van der Waals surface area contributed by atoms with Crippen molar-refractivity contribution in [3.63, 3.8) is 0 Å². The number of aromatic nitrogens is 2. The average molecular weight is 343 g/mol. The lowest BCUT2D eigenvalue weighted by atomic mass is 10.2. The summed E-state index contributed by atoms with van der Waals surface area (Å²) in [5.74, 6) is 1.64. The molecule has 4 rings (SSSR count). The van der Waals surface area contributed by atoms with Crippen LogP contribution in [0.5, 0.6) is 0 Å². The Morgan fingerprint density at radius 1 is 0.840 bits per heavy atom. The van der Waals surface area contributed by atoms with E-state index in [2.05, 4.69) is 39.5 Å². The van der Waals surface area contributed by atoms with Gasteiger partial charge in [0.25, 0.3) is 0 Å². The summed E-state index contributed by atoms with van der Waals surface area (Å²) in [6.45, 7) is 0. The van der Waals surface area contributed by atoms with E-state index in [4.69, 9.17) is 4.98 Å². The van der Waals surface area contributed by atoms with E-state index in [9.17, 15) is 0 Å². The van der Waals surface area contributed by atoms with Gasteiger partial charge in [-0.1, -0.05) is 54.6 Å². The van der Waals surface area contributed by atoms with Gasteiger partial charge >= 0.3 is 0 Å². The molecule has 0 saturated heterocycles. The van der Waals surface area contributed by atoms with Crippen molar-refractivity contribution in [2.24, 2.45) is 0 Å². The summed E-state index contributed by atoms with van der Waals surface area (Å²) in [7, 11) is 2.04. The maximum absolute atomic E-state index is 4.80. The Balaban J connectivity index is 1.76. The monoisotopic (exact) mass is 343 g/mol. The number of hydrogen-bond donors (Lipinski definition) is 0. The highest BCUT2D eigenvalue weighted by Crippen LogP contribution is 2.32. The fourth-order valence-corrected chi connectivity index (χ4v) is 3.53. The van der Waals surface area contributed by atoms with Crippen LogP contribution >= 0.6 is 11.3 Å². The zero-order valence-electron chi connectivity index (χ0n) is 13.8. The van der Waals surface area contributed by atoms with E-state index < -0.39 is 0 Å². The molecule has 0 radical (unpaired) electrons. The van der Waals surface area contributed by atoms with Crippen molar-refractivity contribution in [3.05, 3.63) is 83.5 Å². The minimum atomic E-state index is 0.715. The molecule has 0 spiro atoms.